The smallest absolute Gasteiger partial charge is 0.119 e. The maximum absolute atomic E-state index is 10.5. The van der Waals surface area contributed by atoms with E-state index in [-0.39, 0.29) is 28.3 Å². The van der Waals surface area contributed by atoms with Gasteiger partial charge in [-0.3, -0.25) is 0 Å². The second kappa shape index (κ2) is 4.28. The Hall–Kier alpha value is -0.420. The summed E-state index contributed by atoms with van der Waals surface area (Å²) in [7, 11) is 0. The van der Waals surface area contributed by atoms with Gasteiger partial charge in [0, 0.05) is 18.3 Å². The molecule has 0 aromatic heterocycles. The van der Waals surface area contributed by atoms with Crippen molar-refractivity contribution in [3.8, 4) is 0 Å². The number of ether oxygens (including phenoxy) is 1. The zero-order valence-electron chi connectivity index (χ0n) is 14.6. The SMILES string of the molecule is C[C@]12CC=C3[C@@H](CC[C@@]45CC6(CCOO6)CC[C@@]34O5)[C@H]1CC[C@H]2O. The summed E-state index contributed by atoms with van der Waals surface area (Å²) in [4.78, 5) is 11.0. The zero-order valence-corrected chi connectivity index (χ0v) is 14.6. The van der Waals surface area contributed by atoms with Crippen LogP contribution in [0.5, 0.6) is 0 Å². The standard InChI is InChI=1S/C20H28O4/c1-17-6-5-15-13(14(17)2-3-16(17)21)4-7-19-12-18(10-11-22-24-18)8-9-20(15,19)23-19/h5,13-14,16,21H,2-4,6-12H2,1H3/t13-,14+,16+,17-,18?,19+,20+/m0/s1. The van der Waals surface area contributed by atoms with Gasteiger partial charge in [0.1, 0.15) is 16.8 Å². The topological polar surface area (TPSA) is 51.2 Å². The first-order chi connectivity index (χ1) is 11.5. The first-order valence-corrected chi connectivity index (χ1v) is 9.92. The summed E-state index contributed by atoms with van der Waals surface area (Å²) in [6.45, 7) is 3.04. The second-order valence-electron chi connectivity index (χ2n) is 9.65. The van der Waals surface area contributed by atoms with Crippen LogP contribution in [0.2, 0.25) is 0 Å². The normalized spacial score (nSPS) is 60.9. The minimum absolute atomic E-state index is 0.00197. The van der Waals surface area contributed by atoms with Crippen molar-refractivity contribution in [1.82, 2.24) is 0 Å². The first kappa shape index (κ1) is 14.7. The fourth-order valence-corrected chi connectivity index (χ4v) is 7.41. The number of hydrogen-bond donors (Lipinski definition) is 1. The number of epoxide rings is 1. The van der Waals surface area contributed by atoms with Gasteiger partial charge in [-0.05, 0) is 62.4 Å². The van der Waals surface area contributed by atoms with E-state index in [2.05, 4.69) is 13.0 Å². The van der Waals surface area contributed by atoms with Crippen molar-refractivity contribution >= 4 is 0 Å². The summed E-state index contributed by atoms with van der Waals surface area (Å²) < 4.78 is 6.61. The molecule has 3 saturated carbocycles. The largest absolute Gasteiger partial charge is 0.393 e. The Morgan fingerprint density at radius 3 is 2.88 bits per heavy atom. The zero-order chi connectivity index (χ0) is 16.2. The molecule has 0 amide bonds. The average molecular weight is 332 g/mol. The second-order valence-corrected chi connectivity index (χ2v) is 9.65. The summed E-state index contributed by atoms with van der Waals surface area (Å²) in [5, 5.41) is 10.5. The minimum Gasteiger partial charge on any atom is -0.393 e. The van der Waals surface area contributed by atoms with Crippen LogP contribution in [0.25, 0.3) is 0 Å². The lowest BCUT2D eigenvalue weighted by Crippen LogP contribution is -2.51. The van der Waals surface area contributed by atoms with Crippen LogP contribution < -0.4 is 0 Å². The van der Waals surface area contributed by atoms with Crippen LogP contribution in [-0.2, 0) is 14.5 Å². The highest BCUT2D eigenvalue weighted by atomic mass is 17.2. The number of hydrogen-bond acceptors (Lipinski definition) is 4. The third-order valence-corrected chi connectivity index (χ3v) is 8.81. The molecule has 4 aliphatic carbocycles. The van der Waals surface area contributed by atoms with Gasteiger partial charge in [0.15, 0.2) is 0 Å². The fraction of sp³-hybridized carbons (Fsp3) is 0.900. The van der Waals surface area contributed by atoms with Crippen LogP contribution in [0.3, 0.4) is 0 Å². The molecule has 132 valence electrons. The molecule has 6 rings (SSSR count). The summed E-state index contributed by atoms with van der Waals surface area (Å²) in [5.41, 5.74) is 1.63. The molecule has 1 N–H and O–H groups in total. The van der Waals surface area contributed by atoms with Crippen LogP contribution in [-0.4, -0.2) is 34.6 Å². The molecule has 4 nitrogen and oxygen atoms in total. The number of aliphatic hydroxyl groups is 1. The lowest BCUT2D eigenvalue weighted by Gasteiger charge is -2.49. The van der Waals surface area contributed by atoms with Crippen molar-refractivity contribution in [1.29, 1.82) is 0 Å². The van der Waals surface area contributed by atoms with Gasteiger partial charge in [0.2, 0.25) is 0 Å². The van der Waals surface area contributed by atoms with E-state index in [0.717, 1.165) is 51.6 Å². The van der Waals surface area contributed by atoms with Gasteiger partial charge < -0.3 is 9.84 Å². The maximum atomic E-state index is 10.5. The predicted octanol–water partition coefficient (Wildman–Crippen LogP) is 3.29. The van der Waals surface area contributed by atoms with E-state index < -0.39 is 0 Å². The van der Waals surface area contributed by atoms with Crippen molar-refractivity contribution in [2.45, 2.75) is 87.6 Å². The van der Waals surface area contributed by atoms with E-state index in [1.807, 2.05) is 0 Å². The van der Waals surface area contributed by atoms with Gasteiger partial charge in [-0.2, -0.15) is 0 Å². The molecule has 4 heteroatoms. The Bertz CT molecular complexity index is 623. The average Bonchev–Trinajstić information content (AvgIpc) is 2.88. The first-order valence-electron chi connectivity index (χ1n) is 9.92. The summed E-state index contributed by atoms with van der Waals surface area (Å²) in [6, 6.07) is 0. The summed E-state index contributed by atoms with van der Waals surface area (Å²) in [5.74, 6) is 1.28. The number of aliphatic hydroxyl groups excluding tert-OH is 1. The van der Waals surface area contributed by atoms with E-state index in [1.165, 1.54) is 12.8 Å². The maximum Gasteiger partial charge on any atom is 0.119 e. The monoisotopic (exact) mass is 332 g/mol. The van der Waals surface area contributed by atoms with Crippen molar-refractivity contribution in [2.75, 3.05) is 6.61 Å². The molecule has 0 aromatic rings. The Balaban J connectivity index is 1.36. The Morgan fingerprint density at radius 2 is 2.04 bits per heavy atom. The number of rotatable bonds is 0. The highest BCUT2D eigenvalue weighted by Crippen LogP contribution is 2.73. The Morgan fingerprint density at radius 1 is 1.12 bits per heavy atom. The predicted molar refractivity (Wildman–Crippen MR) is 87.0 cm³/mol. The molecule has 2 saturated heterocycles. The molecule has 2 heterocycles. The molecule has 0 radical (unpaired) electrons. The van der Waals surface area contributed by atoms with Gasteiger partial charge in [-0.25, -0.2) is 9.78 Å². The van der Waals surface area contributed by atoms with Gasteiger partial charge >= 0.3 is 0 Å². The molecular weight excluding hydrogens is 304 g/mol. The molecule has 24 heavy (non-hydrogen) atoms. The molecule has 7 atom stereocenters. The van der Waals surface area contributed by atoms with Crippen LogP contribution in [0.15, 0.2) is 11.6 Å². The molecule has 1 spiro atoms. The molecule has 2 aliphatic heterocycles. The third-order valence-electron chi connectivity index (χ3n) is 8.81. The van der Waals surface area contributed by atoms with Crippen LogP contribution in [0.4, 0.5) is 0 Å². The van der Waals surface area contributed by atoms with E-state index in [1.54, 1.807) is 5.57 Å². The third kappa shape index (κ3) is 1.52. The lowest BCUT2D eigenvalue weighted by atomic mass is 9.53. The minimum atomic E-state index is -0.122. The number of allylic oxidation sites excluding steroid dienone is 1. The van der Waals surface area contributed by atoms with Crippen molar-refractivity contribution < 1.29 is 19.6 Å². The summed E-state index contributed by atoms with van der Waals surface area (Å²) >= 11 is 0. The van der Waals surface area contributed by atoms with E-state index >= 15 is 0 Å². The van der Waals surface area contributed by atoms with Gasteiger partial charge in [0.05, 0.1) is 12.7 Å². The molecule has 0 bridgehead atoms. The molecule has 1 unspecified atom stereocenters. The van der Waals surface area contributed by atoms with E-state index in [9.17, 15) is 5.11 Å². The van der Waals surface area contributed by atoms with Crippen molar-refractivity contribution in [2.24, 2.45) is 17.3 Å². The molecule has 0 aromatic carbocycles. The van der Waals surface area contributed by atoms with Crippen LogP contribution in [0.1, 0.15) is 64.7 Å². The Kier molecular flexibility index (Phi) is 2.62. The van der Waals surface area contributed by atoms with Crippen LogP contribution >= 0.6 is 0 Å². The Labute approximate surface area is 143 Å². The van der Waals surface area contributed by atoms with Crippen LogP contribution in [0, 0.1) is 17.3 Å². The highest BCUT2D eigenvalue weighted by Gasteiger charge is 2.78. The molecule has 5 fully saturated rings. The van der Waals surface area contributed by atoms with Gasteiger partial charge in [-0.1, -0.05) is 13.0 Å². The quantitative estimate of drug-likeness (QED) is 0.420. The van der Waals surface area contributed by atoms with E-state index in [4.69, 9.17) is 14.5 Å². The molecule has 6 aliphatic rings. The van der Waals surface area contributed by atoms with Crippen molar-refractivity contribution in [3.63, 3.8) is 0 Å². The molecular formula is C20H28O4. The fourth-order valence-electron chi connectivity index (χ4n) is 7.41. The summed E-state index contributed by atoms with van der Waals surface area (Å²) in [6.07, 6.45) is 12.1. The van der Waals surface area contributed by atoms with Gasteiger partial charge in [-0.15, -0.1) is 0 Å². The number of fused-ring (bicyclic) bond motifs is 3. The van der Waals surface area contributed by atoms with Gasteiger partial charge in [0.25, 0.3) is 0 Å². The highest BCUT2D eigenvalue weighted by molar-refractivity contribution is 5.43. The lowest BCUT2D eigenvalue weighted by molar-refractivity contribution is -0.316. The van der Waals surface area contributed by atoms with E-state index in [0.29, 0.717) is 11.8 Å². The van der Waals surface area contributed by atoms with Crippen molar-refractivity contribution in [3.05, 3.63) is 11.6 Å².